The minimum atomic E-state index is -0.651. The lowest BCUT2D eigenvalue weighted by atomic mass is 10.1. The van der Waals surface area contributed by atoms with Crippen molar-refractivity contribution in [1.29, 1.82) is 0 Å². The number of nitrogens with one attached hydrogen (secondary N) is 1. The van der Waals surface area contributed by atoms with E-state index in [1.165, 1.54) is 0 Å². The largest absolute Gasteiger partial charge is 0.370 e. The number of primary amides is 1. The molecule has 1 aromatic carbocycles. The molecule has 0 radical (unpaired) electrons. The van der Waals surface area contributed by atoms with Crippen LogP contribution < -0.4 is 16.8 Å². The third kappa shape index (κ3) is 4.97. The summed E-state index contributed by atoms with van der Waals surface area (Å²) >= 11 is 0. The molecule has 1 rings (SSSR count). The second-order valence-corrected chi connectivity index (χ2v) is 4.10. The highest BCUT2D eigenvalue weighted by atomic mass is 16.2. The van der Waals surface area contributed by atoms with Crippen LogP contribution in [0.5, 0.6) is 0 Å². The first kappa shape index (κ1) is 14.2. The van der Waals surface area contributed by atoms with E-state index in [9.17, 15) is 9.59 Å². The van der Waals surface area contributed by atoms with Crippen molar-refractivity contribution in [1.82, 2.24) is 5.32 Å². The highest BCUT2D eigenvalue weighted by molar-refractivity contribution is 5.82. The highest BCUT2D eigenvalue weighted by Crippen LogP contribution is 2.09. The molecule has 0 saturated heterocycles. The molecule has 5 heteroatoms. The zero-order chi connectivity index (χ0) is 13.4. The van der Waals surface area contributed by atoms with Crippen LogP contribution in [0, 0.1) is 0 Å². The maximum Gasteiger partial charge on any atom is 0.241 e. The molecule has 18 heavy (non-hydrogen) atoms. The average Bonchev–Trinajstić information content (AvgIpc) is 2.38. The summed E-state index contributed by atoms with van der Waals surface area (Å²) in [6.45, 7) is 0.507. The number of carbonyl (C=O) groups is 2. The molecule has 0 aromatic heterocycles. The Balaban J connectivity index is 2.26. The van der Waals surface area contributed by atoms with Crippen molar-refractivity contribution in [3.63, 3.8) is 0 Å². The van der Waals surface area contributed by atoms with Gasteiger partial charge in [-0.05, 0) is 18.4 Å². The Bertz CT molecular complexity index is 392. The van der Waals surface area contributed by atoms with E-state index in [0.717, 1.165) is 12.0 Å². The third-order valence-electron chi connectivity index (χ3n) is 2.59. The summed E-state index contributed by atoms with van der Waals surface area (Å²) in [4.78, 5) is 22.2. The van der Waals surface area contributed by atoms with Gasteiger partial charge in [-0.2, -0.15) is 0 Å². The minimum Gasteiger partial charge on any atom is -0.370 e. The Hall–Kier alpha value is -1.88. The average molecular weight is 249 g/mol. The second kappa shape index (κ2) is 7.45. The zero-order valence-corrected chi connectivity index (χ0v) is 10.3. The number of hydrogen-bond acceptors (Lipinski definition) is 3. The van der Waals surface area contributed by atoms with Crippen molar-refractivity contribution in [2.75, 3.05) is 6.54 Å². The van der Waals surface area contributed by atoms with Gasteiger partial charge in [0.15, 0.2) is 0 Å². The Morgan fingerprint density at radius 3 is 2.44 bits per heavy atom. The van der Waals surface area contributed by atoms with E-state index >= 15 is 0 Å². The number of hydrogen-bond donors (Lipinski definition) is 3. The van der Waals surface area contributed by atoms with Gasteiger partial charge in [-0.15, -0.1) is 0 Å². The van der Waals surface area contributed by atoms with Gasteiger partial charge in [0.1, 0.15) is 6.04 Å². The van der Waals surface area contributed by atoms with E-state index in [1.807, 2.05) is 30.3 Å². The molecule has 0 fully saturated rings. The van der Waals surface area contributed by atoms with Crippen LogP contribution in [-0.2, 0) is 9.59 Å². The molecule has 1 unspecified atom stereocenters. The molecule has 5 N–H and O–H groups in total. The summed E-state index contributed by atoms with van der Waals surface area (Å²) in [7, 11) is 0. The predicted molar refractivity (Wildman–Crippen MR) is 69.4 cm³/mol. The van der Waals surface area contributed by atoms with E-state index in [1.54, 1.807) is 0 Å². The molecular formula is C13H19N3O2. The maximum atomic E-state index is 11.7. The van der Waals surface area contributed by atoms with E-state index in [-0.39, 0.29) is 11.8 Å². The Morgan fingerprint density at radius 1 is 1.17 bits per heavy atom. The van der Waals surface area contributed by atoms with E-state index in [2.05, 4.69) is 5.32 Å². The van der Waals surface area contributed by atoms with Crippen LogP contribution in [0.3, 0.4) is 0 Å². The SMILES string of the molecule is NC(=O)CCCCNC(=O)C(N)c1ccccc1. The standard InChI is InChI=1S/C13H19N3O2/c14-11(17)8-4-5-9-16-13(18)12(15)10-6-2-1-3-7-10/h1-3,6-7,12H,4-5,8-9,15H2,(H2,14,17)(H,16,18). The molecule has 0 aliphatic rings. The molecule has 98 valence electrons. The monoisotopic (exact) mass is 249 g/mol. The van der Waals surface area contributed by atoms with Crippen molar-refractivity contribution in [3.05, 3.63) is 35.9 Å². The molecule has 0 bridgehead atoms. The first-order chi connectivity index (χ1) is 8.61. The van der Waals surface area contributed by atoms with Crippen LogP contribution in [0.4, 0.5) is 0 Å². The Kier molecular flexibility index (Phi) is 5.87. The minimum absolute atomic E-state index is 0.208. The van der Waals surface area contributed by atoms with Gasteiger partial charge in [0.2, 0.25) is 11.8 Å². The predicted octanol–water partition coefficient (Wildman–Crippen LogP) is 0.458. The first-order valence-electron chi connectivity index (χ1n) is 5.98. The number of carbonyl (C=O) groups excluding carboxylic acids is 2. The van der Waals surface area contributed by atoms with Gasteiger partial charge in [-0.25, -0.2) is 0 Å². The van der Waals surface area contributed by atoms with Crippen LogP contribution in [0.25, 0.3) is 0 Å². The van der Waals surface area contributed by atoms with Crippen molar-refractivity contribution in [3.8, 4) is 0 Å². The number of unbranched alkanes of at least 4 members (excludes halogenated alkanes) is 1. The van der Waals surface area contributed by atoms with Gasteiger partial charge in [0.05, 0.1) is 0 Å². The smallest absolute Gasteiger partial charge is 0.241 e. The molecular weight excluding hydrogens is 230 g/mol. The lowest BCUT2D eigenvalue weighted by Crippen LogP contribution is -2.34. The van der Waals surface area contributed by atoms with E-state index in [4.69, 9.17) is 11.5 Å². The molecule has 0 heterocycles. The van der Waals surface area contributed by atoms with Crippen molar-refractivity contribution < 1.29 is 9.59 Å². The van der Waals surface area contributed by atoms with E-state index in [0.29, 0.717) is 19.4 Å². The van der Waals surface area contributed by atoms with Gasteiger partial charge >= 0.3 is 0 Å². The normalized spacial score (nSPS) is 11.8. The summed E-state index contributed by atoms with van der Waals surface area (Å²) in [5, 5.41) is 2.74. The first-order valence-corrected chi connectivity index (χ1v) is 5.98. The highest BCUT2D eigenvalue weighted by Gasteiger charge is 2.14. The molecule has 1 atom stereocenters. The molecule has 0 spiro atoms. The summed E-state index contributed by atoms with van der Waals surface area (Å²) in [6, 6.07) is 8.54. The van der Waals surface area contributed by atoms with Crippen LogP contribution in [0.1, 0.15) is 30.9 Å². The van der Waals surface area contributed by atoms with Crippen molar-refractivity contribution in [2.24, 2.45) is 11.5 Å². The number of benzene rings is 1. The van der Waals surface area contributed by atoms with Gasteiger partial charge in [0, 0.05) is 13.0 Å². The molecule has 0 aliphatic carbocycles. The maximum absolute atomic E-state index is 11.7. The Morgan fingerprint density at radius 2 is 1.83 bits per heavy atom. The van der Waals surface area contributed by atoms with E-state index < -0.39 is 6.04 Å². The van der Waals surface area contributed by atoms with Gasteiger partial charge < -0.3 is 16.8 Å². The molecule has 2 amide bonds. The third-order valence-corrected chi connectivity index (χ3v) is 2.59. The molecule has 5 nitrogen and oxygen atoms in total. The van der Waals surface area contributed by atoms with Crippen LogP contribution >= 0.6 is 0 Å². The summed E-state index contributed by atoms with van der Waals surface area (Å²) < 4.78 is 0. The topological polar surface area (TPSA) is 98.2 Å². The summed E-state index contributed by atoms with van der Waals surface area (Å²) in [5.41, 5.74) is 11.6. The number of nitrogens with two attached hydrogens (primary N) is 2. The molecule has 0 aliphatic heterocycles. The van der Waals surface area contributed by atoms with Crippen LogP contribution in [0.15, 0.2) is 30.3 Å². The zero-order valence-electron chi connectivity index (χ0n) is 10.3. The summed E-state index contributed by atoms with van der Waals surface area (Å²) in [5.74, 6) is -0.525. The Labute approximate surface area is 107 Å². The summed E-state index contributed by atoms with van der Waals surface area (Å²) in [6.07, 6.45) is 1.74. The van der Waals surface area contributed by atoms with Crippen molar-refractivity contribution in [2.45, 2.75) is 25.3 Å². The van der Waals surface area contributed by atoms with Gasteiger partial charge in [-0.3, -0.25) is 9.59 Å². The fraction of sp³-hybridized carbons (Fsp3) is 0.385. The van der Waals surface area contributed by atoms with Crippen molar-refractivity contribution >= 4 is 11.8 Å². The lowest BCUT2D eigenvalue weighted by molar-refractivity contribution is -0.122. The second-order valence-electron chi connectivity index (χ2n) is 4.10. The van der Waals surface area contributed by atoms with Gasteiger partial charge in [-0.1, -0.05) is 30.3 Å². The molecule has 0 saturated carbocycles. The fourth-order valence-corrected chi connectivity index (χ4v) is 1.56. The quantitative estimate of drug-likeness (QED) is 0.612. The number of rotatable bonds is 7. The number of amides is 2. The molecule has 1 aromatic rings. The van der Waals surface area contributed by atoms with Gasteiger partial charge in [0.25, 0.3) is 0 Å². The fourth-order valence-electron chi connectivity index (χ4n) is 1.56. The van der Waals surface area contributed by atoms with Crippen LogP contribution in [-0.4, -0.2) is 18.4 Å². The lowest BCUT2D eigenvalue weighted by Gasteiger charge is -2.12. The van der Waals surface area contributed by atoms with Crippen LogP contribution in [0.2, 0.25) is 0 Å².